The molecular weight excluding hydrogens is 335 g/mol. The Hall–Kier alpha value is -0.130. The normalized spacial score (nSPS) is 11.2. The van der Waals surface area contributed by atoms with Gasteiger partial charge in [0, 0.05) is 10.1 Å². The van der Waals surface area contributed by atoms with Gasteiger partial charge < -0.3 is 10.6 Å². The molecule has 18 heavy (non-hydrogen) atoms. The summed E-state index contributed by atoms with van der Waals surface area (Å²) in [6.07, 6.45) is 1.19. The second-order valence-electron chi connectivity index (χ2n) is 5.18. The maximum atomic E-state index is 3.51. The number of halogens is 1. The lowest BCUT2D eigenvalue weighted by Crippen LogP contribution is -2.24. The van der Waals surface area contributed by atoms with E-state index in [1.807, 2.05) is 0 Å². The summed E-state index contributed by atoms with van der Waals surface area (Å²) in [7, 11) is 0. The van der Waals surface area contributed by atoms with Crippen molar-refractivity contribution in [1.82, 2.24) is 10.6 Å². The lowest BCUT2D eigenvalue weighted by Gasteiger charge is -2.10. The van der Waals surface area contributed by atoms with Gasteiger partial charge in [-0.05, 0) is 72.6 Å². The van der Waals surface area contributed by atoms with Crippen LogP contribution in [0.15, 0.2) is 18.2 Å². The van der Waals surface area contributed by atoms with E-state index in [-0.39, 0.29) is 0 Å². The Kier molecular flexibility index (Phi) is 7.86. The summed E-state index contributed by atoms with van der Waals surface area (Å²) in [5.41, 5.74) is 2.78. The predicted molar refractivity (Wildman–Crippen MR) is 87.9 cm³/mol. The first kappa shape index (κ1) is 15.9. The molecule has 102 valence electrons. The first-order valence-corrected chi connectivity index (χ1v) is 7.84. The summed E-state index contributed by atoms with van der Waals surface area (Å²) in [6.45, 7) is 10.9. The Bertz CT molecular complexity index is 350. The molecule has 0 amide bonds. The number of aryl methyl sites for hydroxylation is 1. The molecule has 0 radical (unpaired) electrons. The maximum Gasteiger partial charge on any atom is 0.0216 e. The zero-order valence-corrected chi connectivity index (χ0v) is 13.9. The lowest BCUT2D eigenvalue weighted by atomic mass is 10.1. The second-order valence-corrected chi connectivity index (χ2v) is 6.26. The van der Waals surface area contributed by atoms with Crippen molar-refractivity contribution < 1.29 is 0 Å². The van der Waals surface area contributed by atoms with Crippen molar-refractivity contribution in [2.24, 2.45) is 5.92 Å². The third-order valence-electron chi connectivity index (χ3n) is 2.85. The molecule has 0 saturated carbocycles. The Morgan fingerprint density at radius 1 is 1.17 bits per heavy atom. The SMILES string of the molecule is Cc1cccc(CNCCCNCC(C)C)c1I. The first-order chi connectivity index (χ1) is 8.61. The Morgan fingerprint density at radius 2 is 1.89 bits per heavy atom. The first-order valence-electron chi connectivity index (χ1n) is 6.76. The third-order valence-corrected chi connectivity index (χ3v) is 4.39. The number of nitrogens with one attached hydrogen (secondary N) is 2. The summed E-state index contributed by atoms with van der Waals surface area (Å²) in [6, 6.07) is 6.51. The van der Waals surface area contributed by atoms with Crippen molar-refractivity contribution in [3.8, 4) is 0 Å². The van der Waals surface area contributed by atoms with Crippen LogP contribution in [0.25, 0.3) is 0 Å². The highest BCUT2D eigenvalue weighted by Crippen LogP contribution is 2.16. The Balaban J connectivity index is 2.13. The second kappa shape index (κ2) is 8.88. The molecule has 2 N–H and O–H groups in total. The summed E-state index contributed by atoms with van der Waals surface area (Å²) in [5, 5.41) is 6.98. The van der Waals surface area contributed by atoms with E-state index in [4.69, 9.17) is 0 Å². The monoisotopic (exact) mass is 360 g/mol. The third kappa shape index (κ3) is 6.16. The van der Waals surface area contributed by atoms with Gasteiger partial charge in [-0.2, -0.15) is 0 Å². The van der Waals surface area contributed by atoms with Crippen LogP contribution in [0.2, 0.25) is 0 Å². The van der Waals surface area contributed by atoms with Crippen LogP contribution < -0.4 is 10.6 Å². The molecule has 1 rings (SSSR count). The van der Waals surface area contributed by atoms with Crippen molar-refractivity contribution >= 4 is 22.6 Å². The van der Waals surface area contributed by atoms with E-state index in [0.29, 0.717) is 0 Å². The van der Waals surface area contributed by atoms with Crippen LogP contribution in [0.4, 0.5) is 0 Å². The van der Waals surface area contributed by atoms with Crippen LogP contribution >= 0.6 is 22.6 Å². The lowest BCUT2D eigenvalue weighted by molar-refractivity contribution is 0.530. The van der Waals surface area contributed by atoms with Crippen molar-refractivity contribution in [3.63, 3.8) is 0 Å². The summed E-state index contributed by atoms with van der Waals surface area (Å²) in [5.74, 6) is 0.742. The van der Waals surface area contributed by atoms with E-state index in [1.165, 1.54) is 21.1 Å². The highest BCUT2D eigenvalue weighted by atomic mass is 127. The number of hydrogen-bond donors (Lipinski definition) is 2. The summed E-state index contributed by atoms with van der Waals surface area (Å²) >= 11 is 2.43. The van der Waals surface area contributed by atoms with Gasteiger partial charge in [0.25, 0.3) is 0 Å². The van der Waals surface area contributed by atoms with Crippen LogP contribution in [0.3, 0.4) is 0 Å². The minimum atomic E-state index is 0.742. The molecular formula is C15H25IN2. The van der Waals surface area contributed by atoms with E-state index in [9.17, 15) is 0 Å². The van der Waals surface area contributed by atoms with E-state index < -0.39 is 0 Å². The molecule has 0 aliphatic rings. The number of rotatable bonds is 8. The average Bonchev–Trinajstić information content (AvgIpc) is 2.32. The quantitative estimate of drug-likeness (QED) is 0.549. The largest absolute Gasteiger partial charge is 0.316 e. The van der Waals surface area contributed by atoms with Gasteiger partial charge >= 0.3 is 0 Å². The van der Waals surface area contributed by atoms with Crippen LogP contribution in [0, 0.1) is 16.4 Å². The molecule has 0 spiro atoms. The van der Waals surface area contributed by atoms with Gasteiger partial charge in [-0.15, -0.1) is 0 Å². The van der Waals surface area contributed by atoms with Gasteiger partial charge in [-0.3, -0.25) is 0 Å². The molecule has 0 heterocycles. The molecule has 0 aromatic heterocycles. The Labute approximate surface area is 125 Å². The highest BCUT2D eigenvalue weighted by molar-refractivity contribution is 14.1. The molecule has 2 nitrogen and oxygen atoms in total. The fourth-order valence-corrected chi connectivity index (χ4v) is 2.35. The van der Waals surface area contributed by atoms with Gasteiger partial charge in [-0.1, -0.05) is 32.0 Å². The fourth-order valence-electron chi connectivity index (χ4n) is 1.80. The van der Waals surface area contributed by atoms with Crippen LogP contribution in [0.1, 0.15) is 31.4 Å². The zero-order chi connectivity index (χ0) is 13.4. The molecule has 1 aromatic carbocycles. The van der Waals surface area contributed by atoms with Gasteiger partial charge in [-0.25, -0.2) is 0 Å². The molecule has 0 bridgehead atoms. The molecule has 0 fully saturated rings. The van der Waals surface area contributed by atoms with E-state index in [2.05, 4.69) is 72.2 Å². The minimum absolute atomic E-state index is 0.742. The summed E-state index contributed by atoms with van der Waals surface area (Å²) in [4.78, 5) is 0. The van der Waals surface area contributed by atoms with Crippen molar-refractivity contribution in [1.29, 1.82) is 0 Å². The highest BCUT2D eigenvalue weighted by Gasteiger charge is 2.01. The van der Waals surface area contributed by atoms with Crippen LogP contribution in [0.5, 0.6) is 0 Å². The standard InChI is InChI=1S/C15H25IN2/c1-12(2)10-17-8-5-9-18-11-14-7-4-6-13(3)15(14)16/h4,6-7,12,17-18H,5,8-11H2,1-3H3. The molecule has 1 aromatic rings. The van der Waals surface area contributed by atoms with E-state index >= 15 is 0 Å². The fraction of sp³-hybridized carbons (Fsp3) is 0.600. The van der Waals surface area contributed by atoms with Crippen molar-refractivity contribution in [3.05, 3.63) is 32.9 Å². The summed E-state index contributed by atoms with van der Waals surface area (Å²) < 4.78 is 1.39. The van der Waals surface area contributed by atoms with Crippen LogP contribution in [-0.4, -0.2) is 19.6 Å². The molecule has 0 unspecified atom stereocenters. The molecule has 0 atom stereocenters. The topological polar surface area (TPSA) is 24.1 Å². The van der Waals surface area contributed by atoms with Crippen molar-refractivity contribution in [2.75, 3.05) is 19.6 Å². The number of hydrogen-bond acceptors (Lipinski definition) is 2. The van der Waals surface area contributed by atoms with E-state index in [0.717, 1.165) is 32.1 Å². The van der Waals surface area contributed by atoms with Gasteiger partial charge in [0.1, 0.15) is 0 Å². The molecule has 0 saturated heterocycles. The smallest absolute Gasteiger partial charge is 0.0216 e. The maximum absolute atomic E-state index is 3.51. The minimum Gasteiger partial charge on any atom is -0.316 e. The van der Waals surface area contributed by atoms with E-state index in [1.54, 1.807) is 0 Å². The Morgan fingerprint density at radius 3 is 2.61 bits per heavy atom. The molecule has 3 heteroatoms. The average molecular weight is 360 g/mol. The van der Waals surface area contributed by atoms with Crippen LogP contribution in [-0.2, 0) is 6.54 Å². The predicted octanol–water partition coefficient (Wildman–Crippen LogP) is 3.32. The molecule has 0 aliphatic heterocycles. The van der Waals surface area contributed by atoms with Crippen molar-refractivity contribution in [2.45, 2.75) is 33.7 Å². The van der Waals surface area contributed by atoms with Gasteiger partial charge in [0.2, 0.25) is 0 Å². The van der Waals surface area contributed by atoms with Gasteiger partial charge in [0.15, 0.2) is 0 Å². The zero-order valence-electron chi connectivity index (χ0n) is 11.7. The van der Waals surface area contributed by atoms with Gasteiger partial charge in [0.05, 0.1) is 0 Å². The number of benzene rings is 1. The molecule has 0 aliphatic carbocycles.